The van der Waals surface area contributed by atoms with E-state index >= 15 is 0 Å². The monoisotopic (exact) mass is 439 g/mol. The number of hydrogen-bond acceptors (Lipinski definition) is 6. The third kappa shape index (κ3) is 5.11. The molecule has 8 heteroatoms. The van der Waals surface area contributed by atoms with E-state index in [0.29, 0.717) is 33.9 Å². The Bertz CT molecular complexity index is 1100. The summed E-state index contributed by atoms with van der Waals surface area (Å²) < 4.78 is 13.2. The van der Waals surface area contributed by atoms with Gasteiger partial charge in [0.15, 0.2) is 16.8 Å². The van der Waals surface area contributed by atoms with Gasteiger partial charge in [-0.05, 0) is 36.4 Å². The molecular formula is C22H18ClN3O3S. The smallest absolute Gasteiger partial charge is 0.192 e. The van der Waals surface area contributed by atoms with Crippen molar-refractivity contribution in [3.63, 3.8) is 0 Å². The molecule has 0 aliphatic rings. The van der Waals surface area contributed by atoms with Gasteiger partial charge >= 0.3 is 0 Å². The van der Waals surface area contributed by atoms with Gasteiger partial charge in [0.1, 0.15) is 18.1 Å². The fourth-order valence-electron chi connectivity index (χ4n) is 2.77. The molecule has 0 fully saturated rings. The zero-order chi connectivity index (χ0) is 20.8. The number of furan rings is 1. The van der Waals surface area contributed by atoms with Crippen molar-refractivity contribution in [2.45, 2.75) is 18.3 Å². The van der Waals surface area contributed by atoms with Crippen molar-refractivity contribution in [1.29, 1.82) is 0 Å². The van der Waals surface area contributed by atoms with Crippen molar-refractivity contribution in [2.24, 2.45) is 0 Å². The molecule has 0 aliphatic carbocycles. The molecule has 4 rings (SSSR count). The van der Waals surface area contributed by atoms with E-state index in [2.05, 4.69) is 10.2 Å². The molecule has 0 amide bonds. The fraction of sp³-hybridized carbons (Fsp3) is 0.136. The molecule has 0 saturated carbocycles. The van der Waals surface area contributed by atoms with Gasteiger partial charge in [0.05, 0.1) is 18.6 Å². The van der Waals surface area contributed by atoms with E-state index in [1.807, 2.05) is 47.0 Å². The topological polar surface area (TPSA) is 70.2 Å². The SMILES string of the molecule is O=C(CSc1nnc(COc2ccc(Cl)cc2)n1Cc1ccco1)c1ccccc1. The number of carbonyl (C=O) groups is 1. The summed E-state index contributed by atoms with van der Waals surface area (Å²) in [5.74, 6) is 2.38. The molecule has 0 N–H and O–H groups in total. The van der Waals surface area contributed by atoms with Gasteiger partial charge in [-0.25, -0.2) is 0 Å². The number of carbonyl (C=O) groups excluding carboxylic acids is 1. The molecule has 0 saturated heterocycles. The Morgan fingerprint density at radius 3 is 2.57 bits per heavy atom. The minimum atomic E-state index is 0.0344. The van der Waals surface area contributed by atoms with Crippen molar-refractivity contribution in [3.8, 4) is 5.75 Å². The highest BCUT2D eigenvalue weighted by Gasteiger charge is 2.17. The normalized spacial score (nSPS) is 10.8. The zero-order valence-corrected chi connectivity index (χ0v) is 17.5. The minimum Gasteiger partial charge on any atom is -0.486 e. The number of halogens is 1. The second-order valence-electron chi connectivity index (χ2n) is 6.38. The Labute approximate surface area is 182 Å². The third-order valence-electron chi connectivity index (χ3n) is 4.30. The molecule has 0 atom stereocenters. The third-order valence-corrected chi connectivity index (χ3v) is 5.52. The van der Waals surface area contributed by atoms with E-state index in [-0.39, 0.29) is 18.1 Å². The summed E-state index contributed by atoms with van der Waals surface area (Å²) in [4.78, 5) is 12.5. The van der Waals surface area contributed by atoms with Gasteiger partial charge in [-0.1, -0.05) is 53.7 Å². The van der Waals surface area contributed by atoms with E-state index in [4.69, 9.17) is 20.8 Å². The summed E-state index contributed by atoms with van der Waals surface area (Å²) >= 11 is 7.26. The quantitative estimate of drug-likeness (QED) is 0.266. The van der Waals surface area contributed by atoms with Gasteiger partial charge in [0, 0.05) is 10.6 Å². The minimum absolute atomic E-state index is 0.0344. The molecule has 30 heavy (non-hydrogen) atoms. The predicted molar refractivity (Wildman–Crippen MR) is 115 cm³/mol. The van der Waals surface area contributed by atoms with E-state index in [9.17, 15) is 4.79 Å². The Morgan fingerprint density at radius 1 is 1.03 bits per heavy atom. The Kier molecular flexibility index (Phi) is 6.51. The van der Waals surface area contributed by atoms with Gasteiger partial charge in [-0.3, -0.25) is 9.36 Å². The summed E-state index contributed by atoms with van der Waals surface area (Å²) in [6.07, 6.45) is 1.62. The van der Waals surface area contributed by atoms with Crippen LogP contribution in [0.1, 0.15) is 21.9 Å². The van der Waals surface area contributed by atoms with Crippen LogP contribution in [0.2, 0.25) is 5.02 Å². The Hall–Kier alpha value is -3.03. The molecule has 0 unspecified atom stereocenters. The molecule has 0 aliphatic heterocycles. The predicted octanol–water partition coefficient (Wildman–Crippen LogP) is 5.13. The van der Waals surface area contributed by atoms with Crippen LogP contribution in [0.4, 0.5) is 0 Å². The van der Waals surface area contributed by atoms with E-state index in [0.717, 1.165) is 5.76 Å². The zero-order valence-electron chi connectivity index (χ0n) is 15.9. The highest BCUT2D eigenvalue weighted by atomic mass is 35.5. The first-order chi connectivity index (χ1) is 14.7. The Morgan fingerprint density at radius 2 is 1.83 bits per heavy atom. The number of rotatable bonds is 9. The first-order valence-electron chi connectivity index (χ1n) is 9.23. The summed E-state index contributed by atoms with van der Waals surface area (Å²) in [5, 5.41) is 9.81. The Balaban J connectivity index is 1.49. The number of benzene rings is 2. The maximum atomic E-state index is 12.5. The highest BCUT2D eigenvalue weighted by Crippen LogP contribution is 2.22. The van der Waals surface area contributed by atoms with Gasteiger partial charge in [0.2, 0.25) is 0 Å². The van der Waals surface area contributed by atoms with Crippen LogP contribution in [0.3, 0.4) is 0 Å². The van der Waals surface area contributed by atoms with Crippen LogP contribution < -0.4 is 4.74 Å². The number of thioether (sulfide) groups is 1. The summed E-state index contributed by atoms with van der Waals surface area (Å²) in [5.41, 5.74) is 0.674. The number of aromatic nitrogens is 3. The number of ketones is 1. The first kappa shape index (κ1) is 20.3. The molecule has 0 bridgehead atoms. The number of nitrogens with zero attached hydrogens (tertiary/aromatic N) is 3. The molecule has 4 aromatic rings. The fourth-order valence-corrected chi connectivity index (χ4v) is 3.74. The summed E-state index contributed by atoms with van der Waals surface area (Å²) in [6, 6.07) is 20.0. The van der Waals surface area contributed by atoms with Crippen LogP contribution >= 0.6 is 23.4 Å². The average molecular weight is 440 g/mol. The van der Waals surface area contributed by atoms with Gasteiger partial charge < -0.3 is 9.15 Å². The van der Waals surface area contributed by atoms with E-state index in [1.165, 1.54) is 11.8 Å². The standard InChI is InChI=1S/C22H18ClN3O3S/c23-17-8-10-18(11-9-17)29-14-21-24-25-22(26(21)13-19-7-4-12-28-19)30-15-20(27)16-5-2-1-3-6-16/h1-12H,13-15H2. The second kappa shape index (κ2) is 9.65. The van der Waals surface area contributed by atoms with Crippen LogP contribution in [-0.4, -0.2) is 26.3 Å². The maximum Gasteiger partial charge on any atom is 0.192 e. The molecule has 0 spiro atoms. The first-order valence-corrected chi connectivity index (χ1v) is 10.6. The van der Waals surface area contributed by atoms with Crippen molar-refractivity contribution < 1.29 is 13.9 Å². The van der Waals surface area contributed by atoms with Gasteiger partial charge in [-0.2, -0.15) is 0 Å². The average Bonchev–Trinajstić information content (AvgIpc) is 3.43. The molecule has 0 radical (unpaired) electrons. The number of hydrogen-bond donors (Lipinski definition) is 0. The van der Waals surface area contributed by atoms with Crippen molar-refractivity contribution in [1.82, 2.24) is 14.8 Å². The van der Waals surface area contributed by atoms with E-state index < -0.39 is 0 Å². The van der Waals surface area contributed by atoms with Crippen molar-refractivity contribution >= 4 is 29.1 Å². The highest BCUT2D eigenvalue weighted by molar-refractivity contribution is 7.99. The summed E-state index contributed by atoms with van der Waals surface area (Å²) in [7, 11) is 0. The molecule has 2 aromatic heterocycles. The molecular weight excluding hydrogens is 422 g/mol. The molecule has 2 heterocycles. The molecule has 152 valence electrons. The van der Waals surface area contributed by atoms with Crippen LogP contribution in [0.15, 0.2) is 82.6 Å². The van der Waals surface area contributed by atoms with Gasteiger partial charge in [-0.15, -0.1) is 10.2 Å². The number of ether oxygens (including phenoxy) is 1. The van der Waals surface area contributed by atoms with Crippen LogP contribution in [0.25, 0.3) is 0 Å². The lowest BCUT2D eigenvalue weighted by atomic mass is 10.2. The lowest BCUT2D eigenvalue weighted by molar-refractivity contribution is 0.102. The lowest BCUT2D eigenvalue weighted by Gasteiger charge is -2.10. The van der Waals surface area contributed by atoms with E-state index in [1.54, 1.807) is 30.5 Å². The summed E-state index contributed by atoms with van der Waals surface area (Å²) in [6.45, 7) is 0.670. The van der Waals surface area contributed by atoms with Gasteiger partial charge in [0.25, 0.3) is 0 Å². The maximum absolute atomic E-state index is 12.5. The lowest BCUT2D eigenvalue weighted by Crippen LogP contribution is -2.10. The van der Waals surface area contributed by atoms with Crippen LogP contribution in [0, 0.1) is 0 Å². The van der Waals surface area contributed by atoms with Crippen LogP contribution in [0.5, 0.6) is 5.75 Å². The largest absolute Gasteiger partial charge is 0.486 e. The second-order valence-corrected chi connectivity index (χ2v) is 7.76. The molecule has 2 aromatic carbocycles. The van der Waals surface area contributed by atoms with Crippen molar-refractivity contribution in [2.75, 3.05) is 5.75 Å². The number of Topliss-reactive ketones (excluding diaryl/α,β-unsaturated/α-hetero) is 1. The van der Waals surface area contributed by atoms with Crippen molar-refractivity contribution in [3.05, 3.63) is 95.2 Å². The van der Waals surface area contributed by atoms with Crippen LogP contribution in [-0.2, 0) is 13.2 Å². The molecule has 6 nitrogen and oxygen atoms in total.